The summed E-state index contributed by atoms with van der Waals surface area (Å²) in [6.45, 7) is 4.88. The molecule has 27 heavy (non-hydrogen) atoms. The monoisotopic (exact) mass is 383 g/mol. The van der Waals surface area contributed by atoms with Crippen LogP contribution in [0, 0.1) is 16.7 Å². The second kappa shape index (κ2) is 8.12. The summed E-state index contributed by atoms with van der Waals surface area (Å²) >= 11 is 0. The molecule has 3 rings (SSSR count). The number of nitriles is 1. The van der Waals surface area contributed by atoms with Gasteiger partial charge in [-0.05, 0) is 61.2 Å². The van der Waals surface area contributed by atoms with Gasteiger partial charge in [-0.2, -0.15) is 5.26 Å². The fourth-order valence-corrected chi connectivity index (χ4v) is 4.49. The molecule has 1 aliphatic heterocycles. The van der Waals surface area contributed by atoms with Crippen LogP contribution in [0.15, 0.2) is 59.5 Å². The summed E-state index contributed by atoms with van der Waals surface area (Å²) in [6.07, 6.45) is 2.64. The Morgan fingerprint density at radius 1 is 1.11 bits per heavy atom. The topological polar surface area (TPSA) is 73.2 Å². The first-order valence-electron chi connectivity index (χ1n) is 9.16. The molecule has 0 aromatic heterocycles. The molecule has 1 aliphatic rings. The van der Waals surface area contributed by atoms with E-state index in [9.17, 15) is 8.42 Å². The molecule has 0 radical (unpaired) electrons. The molecule has 1 fully saturated rings. The van der Waals surface area contributed by atoms with Crippen molar-refractivity contribution >= 4 is 15.7 Å². The van der Waals surface area contributed by atoms with Crippen LogP contribution in [-0.2, 0) is 16.6 Å². The highest BCUT2D eigenvalue weighted by atomic mass is 32.2. The minimum absolute atomic E-state index is 0.123. The molecule has 2 aromatic carbocycles. The summed E-state index contributed by atoms with van der Waals surface area (Å²) in [7, 11) is -3.58. The van der Waals surface area contributed by atoms with Gasteiger partial charge in [0.05, 0.1) is 11.0 Å². The first kappa shape index (κ1) is 19.4. The zero-order chi connectivity index (χ0) is 19.3. The lowest BCUT2D eigenvalue weighted by Gasteiger charge is -2.38. The van der Waals surface area contributed by atoms with E-state index in [1.54, 1.807) is 36.4 Å². The smallest absolute Gasteiger partial charge is 0.261 e. The van der Waals surface area contributed by atoms with Gasteiger partial charge in [0.25, 0.3) is 10.0 Å². The third-order valence-corrected chi connectivity index (χ3v) is 6.61. The van der Waals surface area contributed by atoms with Crippen LogP contribution in [0.3, 0.4) is 0 Å². The number of benzene rings is 2. The number of hydrogen-bond acceptors (Lipinski definition) is 4. The Kier molecular flexibility index (Phi) is 5.83. The highest BCUT2D eigenvalue weighted by Gasteiger charge is 2.29. The highest BCUT2D eigenvalue weighted by molar-refractivity contribution is 7.92. The standard InChI is InChI=1S/C21H25N3O2S/c1-21(10-13-22)11-14-24(15-12-21)17-18-6-5-7-19(16-18)23-27(25,26)20-8-3-2-4-9-20/h2-9,16,23H,10-12,14-15,17H2,1H3. The molecule has 0 saturated carbocycles. The zero-order valence-corrected chi connectivity index (χ0v) is 16.4. The van der Waals surface area contributed by atoms with Crippen molar-refractivity contribution in [3.05, 3.63) is 60.2 Å². The molecule has 0 aliphatic carbocycles. The van der Waals surface area contributed by atoms with Crippen LogP contribution in [-0.4, -0.2) is 26.4 Å². The number of rotatable bonds is 6. The molecule has 5 nitrogen and oxygen atoms in total. The van der Waals surface area contributed by atoms with Gasteiger partial charge in [0.1, 0.15) is 0 Å². The first-order valence-corrected chi connectivity index (χ1v) is 10.6. The number of piperidine rings is 1. The Morgan fingerprint density at radius 2 is 1.81 bits per heavy atom. The van der Waals surface area contributed by atoms with Gasteiger partial charge in [0, 0.05) is 18.7 Å². The molecule has 1 heterocycles. The lowest BCUT2D eigenvalue weighted by atomic mass is 9.78. The van der Waals surface area contributed by atoms with Crippen LogP contribution in [0.2, 0.25) is 0 Å². The van der Waals surface area contributed by atoms with Crippen LogP contribution < -0.4 is 4.72 Å². The van der Waals surface area contributed by atoms with Crippen molar-refractivity contribution in [2.24, 2.45) is 5.41 Å². The quantitative estimate of drug-likeness (QED) is 0.818. The van der Waals surface area contributed by atoms with E-state index in [1.165, 1.54) is 0 Å². The summed E-state index contributed by atoms with van der Waals surface area (Å²) in [5.74, 6) is 0. The minimum atomic E-state index is -3.58. The van der Waals surface area contributed by atoms with E-state index in [0.717, 1.165) is 38.0 Å². The zero-order valence-electron chi connectivity index (χ0n) is 15.6. The number of anilines is 1. The Hall–Kier alpha value is -2.36. The summed E-state index contributed by atoms with van der Waals surface area (Å²) in [6, 6.07) is 18.2. The van der Waals surface area contributed by atoms with Gasteiger partial charge in [0.15, 0.2) is 0 Å². The van der Waals surface area contributed by atoms with E-state index in [0.29, 0.717) is 12.1 Å². The van der Waals surface area contributed by atoms with Crippen LogP contribution in [0.25, 0.3) is 0 Å². The second-order valence-electron chi connectivity index (χ2n) is 7.54. The molecule has 0 bridgehead atoms. The average Bonchev–Trinajstić information content (AvgIpc) is 2.65. The maximum absolute atomic E-state index is 12.5. The molecule has 1 saturated heterocycles. The highest BCUT2D eigenvalue weighted by Crippen LogP contribution is 2.34. The molecular weight excluding hydrogens is 358 g/mol. The number of nitrogens with one attached hydrogen (secondary N) is 1. The largest absolute Gasteiger partial charge is 0.299 e. The molecule has 0 amide bonds. The fourth-order valence-electron chi connectivity index (χ4n) is 3.42. The predicted octanol–water partition coefficient (Wildman–Crippen LogP) is 4.00. The van der Waals surface area contributed by atoms with Crippen molar-refractivity contribution in [2.45, 2.75) is 37.6 Å². The number of hydrogen-bond donors (Lipinski definition) is 1. The Morgan fingerprint density at radius 3 is 2.48 bits per heavy atom. The van der Waals surface area contributed by atoms with E-state index >= 15 is 0 Å². The summed E-state index contributed by atoms with van der Waals surface area (Å²) in [5, 5.41) is 8.97. The maximum atomic E-state index is 12.5. The molecule has 0 spiro atoms. The Bertz CT molecular complexity index is 912. The van der Waals surface area contributed by atoms with Gasteiger partial charge in [-0.1, -0.05) is 37.3 Å². The van der Waals surface area contributed by atoms with Gasteiger partial charge in [-0.3, -0.25) is 9.62 Å². The molecule has 0 atom stereocenters. The van der Waals surface area contributed by atoms with E-state index in [-0.39, 0.29) is 10.3 Å². The van der Waals surface area contributed by atoms with Crippen molar-refractivity contribution in [1.29, 1.82) is 5.26 Å². The van der Waals surface area contributed by atoms with Gasteiger partial charge < -0.3 is 0 Å². The fraction of sp³-hybridized carbons (Fsp3) is 0.381. The van der Waals surface area contributed by atoms with Crippen LogP contribution in [0.4, 0.5) is 5.69 Å². The summed E-state index contributed by atoms with van der Waals surface area (Å²) in [5.41, 5.74) is 1.77. The predicted molar refractivity (Wildman–Crippen MR) is 107 cm³/mol. The Balaban J connectivity index is 1.64. The van der Waals surface area contributed by atoms with E-state index < -0.39 is 10.0 Å². The van der Waals surface area contributed by atoms with Crippen molar-refractivity contribution < 1.29 is 8.42 Å². The SMILES string of the molecule is CC1(CC#N)CCN(Cc2cccc(NS(=O)(=O)c3ccccc3)c2)CC1. The van der Waals surface area contributed by atoms with Crippen LogP contribution in [0.1, 0.15) is 31.7 Å². The molecule has 2 aromatic rings. The Labute approximate surface area is 161 Å². The van der Waals surface area contributed by atoms with Gasteiger partial charge in [-0.25, -0.2) is 8.42 Å². The van der Waals surface area contributed by atoms with Crippen molar-refractivity contribution in [1.82, 2.24) is 4.90 Å². The second-order valence-corrected chi connectivity index (χ2v) is 9.22. The number of nitrogens with zero attached hydrogens (tertiary/aromatic N) is 2. The van der Waals surface area contributed by atoms with E-state index in [4.69, 9.17) is 5.26 Å². The first-order chi connectivity index (χ1) is 12.9. The van der Waals surface area contributed by atoms with Crippen molar-refractivity contribution in [2.75, 3.05) is 17.8 Å². The minimum Gasteiger partial charge on any atom is -0.299 e. The normalized spacial score (nSPS) is 17.2. The summed E-state index contributed by atoms with van der Waals surface area (Å²) < 4.78 is 27.6. The number of sulfonamides is 1. The third kappa shape index (κ3) is 5.09. The third-order valence-electron chi connectivity index (χ3n) is 5.21. The van der Waals surface area contributed by atoms with Gasteiger partial charge in [-0.15, -0.1) is 0 Å². The van der Waals surface area contributed by atoms with E-state index in [2.05, 4.69) is 22.6 Å². The van der Waals surface area contributed by atoms with Gasteiger partial charge in [0.2, 0.25) is 0 Å². The molecule has 6 heteroatoms. The van der Waals surface area contributed by atoms with E-state index in [1.807, 2.05) is 18.2 Å². The lowest BCUT2D eigenvalue weighted by Crippen LogP contribution is -2.38. The van der Waals surface area contributed by atoms with Crippen LogP contribution >= 0.6 is 0 Å². The lowest BCUT2D eigenvalue weighted by molar-refractivity contribution is 0.116. The molecule has 1 N–H and O–H groups in total. The average molecular weight is 384 g/mol. The number of likely N-dealkylation sites (tertiary alicyclic amines) is 1. The maximum Gasteiger partial charge on any atom is 0.261 e. The van der Waals surface area contributed by atoms with Crippen molar-refractivity contribution in [3.63, 3.8) is 0 Å². The molecule has 0 unspecified atom stereocenters. The summed E-state index contributed by atoms with van der Waals surface area (Å²) in [4.78, 5) is 2.62. The van der Waals surface area contributed by atoms with Crippen molar-refractivity contribution in [3.8, 4) is 6.07 Å². The van der Waals surface area contributed by atoms with Gasteiger partial charge >= 0.3 is 0 Å². The molecular formula is C21H25N3O2S. The van der Waals surface area contributed by atoms with Crippen LogP contribution in [0.5, 0.6) is 0 Å². The molecule has 142 valence electrons.